The quantitative estimate of drug-likeness (QED) is 0.575. The third-order valence-corrected chi connectivity index (χ3v) is 5.18. The Kier molecular flexibility index (Phi) is 6.11. The second-order valence-corrected chi connectivity index (χ2v) is 7.88. The number of halogens is 1. The van der Waals surface area contributed by atoms with Crippen molar-refractivity contribution in [1.82, 2.24) is 10.4 Å². The molecule has 0 atom stereocenters. The highest BCUT2D eigenvalue weighted by Crippen LogP contribution is 2.31. The first-order valence-corrected chi connectivity index (χ1v) is 9.62. The summed E-state index contributed by atoms with van der Waals surface area (Å²) in [5, 5.41) is 1.53. The first kappa shape index (κ1) is 19.4. The van der Waals surface area contributed by atoms with Crippen molar-refractivity contribution >= 4 is 57.8 Å². The second-order valence-electron chi connectivity index (χ2n) is 5.77. The number of benzene rings is 2. The van der Waals surface area contributed by atoms with Crippen LogP contribution in [0.2, 0.25) is 5.02 Å². The standard InChI is InChI=1S/C20H15ClN2O2S2/c1-13(10-14-6-3-2-4-7-14)11-17-19(25)23(20(26)27-17)22-18(24)15-8-5-9-16(21)12-15/h2-12H,1H3,(H,22,24)/b13-10+,17-11-. The third-order valence-electron chi connectivity index (χ3n) is 3.65. The molecule has 0 spiro atoms. The second kappa shape index (κ2) is 8.52. The molecule has 1 saturated heterocycles. The van der Waals surface area contributed by atoms with Crippen molar-refractivity contribution in [3.63, 3.8) is 0 Å². The van der Waals surface area contributed by atoms with Crippen LogP contribution < -0.4 is 5.43 Å². The van der Waals surface area contributed by atoms with E-state index in [9.17, 15) is 9.59 Å². The Hall–Kier alpha value is -2.41. The Bertz CT molecular complexity index is 971. The van der Waals surface area contributed by atoms with Gasteiger partial charge in [0.05, 0.1) is 4.91 Å². The van der Waals surface area contributed by atoms with Gasteiger partial charge in [0.15, 0.2) is 4.32 Å². The van der Waals surface area contributed by atoms with Gasteiger partial charge >= 0.3 is 0 Å². The molecule has 0 unspecified atom stereocenters. The largest absolute Gasteiger partial charge is 0.285 e. The molecule has 0 aromatic heterocycles. The van der Waals surface area contributed by atoms with Crippen LogP contribution in [0.3, 0.4) is 0 Å². The van der Waals surface area contributed by atoms with E-state index in [1.807, 2.05) is 43.3 Å². The van der Waals surface area contributed by atoms with E-state index >= 15 is 0 Å². The van der Waals surface area contributed by atoms with Crippen LogP contribution in [-0.4, -0.2) is 21.1 Å². The highest BCUT2D eigenvalue weighted by atomic mass is 35.5. The number of nitrogens with one attached hydrogen (secondary N) is 1. The van der Waals surface area contributed by atoms with Crippen molar-refractivity contribution in [3.05, 3.63) is 87.3 Å². The molecule has 0 saturated carbocycles. The van der Waals surface area contributed by atoms with Gasteiger partial charge in [0.2, 0.25) is 0 Å². The van der Waals surface area contributed by atoms with Gasteiger partial charge in [-0.05, 0) is 54.6 Å². The van der Waals surface area contributed by atoms with Gasteiger partial charge in [-0.15, -0.1) is 0 Å². The number of allylic oxidation sites excluding steroid dienone is 2. The highest BCUT2D eigenvalue weighted by molar-refractivity contribution is 8.26. The maximum absolute atomic E-state index is 12.6. The number of hydrazine groups is 1. The predicted octanol–water partition coefficient (Wildman–Crippen LogP) is 4.83. The molecule has 3 rings (SSSR count). The normalized spacial score (nSPS) is 16.1. The van der Waals surface area contributed by atoms with Crippen molar-refractivity contribution < 1.29 is 9.59 Å². The molecule has 136 valence electrons. The van der Waals surface area contributed by atoms with Crippen LogP contribution >= 0.6 is 35.6 Å². The molecule has 1 heterocycles. The van der Waals surface area contributed by atoms with Crippen LogP contribution in [0.25, 0.3) is 6.08 Å². The fraction of sp³-hybridized carbons (Fsp3) is 0.0500. The van der Waals surface area contributed by atoms with Crippen LogP contribution in [0.4, 0.5) is 0 Å². The Labute approximate surface area is 171 Å². The van der Waals surface area contributed by atoms with E-state index in [1.165, 1.54) is 6.07 Å². The molecule has 0 bridgehead atoms. The van der Waals surface area contributed by atoms with E-state index in [-0.39, 0.29) is 10.2 Å². The van der Waals surface area contributed by atoms with Crippen LogP contribution in [0.15, 0.2) is 71.2 Å². The smallest absolute Gasteiger partial charge is 0.267 e. The maximum Gasteiger partial charge on any atom is 0.285 e. The zero-order valence-electron chi connectivity index (χ0n) is 14.3. The van der Waals surface area contributed by atoms with Gasteiger partial charge in [0.1, 0.15) is 0 Å². The summed E-state index contributed by atoms with van der Waals surface area (Å²) in [6.45, 7) is 1.91. The molecule has 7 heteroatoms. The Morgan fingerprint density at radius 2 is 1.93 bits per heavy atom. The molecule has 1 aliphatic rings. The van der Waals surface area contributed by atoms with Gasteiger partial charge in [-0.2, -0.15) is 5.01 Å². The number of rotatable bonds is 4. The van der Waals surface area contributed by atoms with Crippen molar-refractivity contribution in [2.24, 2.45) is 0 Å². The predicted molar refractivity (Wildman–Crippen MR) is 114 cm³/mol. The van der Waals surface area contributed by atoms with Gasteiger partial charge in [-0.1, -0.05) is 65.8 Å². The van der Waals surface area contributed by atoms with E-state index in [0.717, 1.165) is 27.9 Å². The van der Waals surface area contributed by atoms with E-state index in [1.54, 1.807) is 24.3 Å². The summed E-state index contributed by atoms with van der Waals surface area (Å²) in [6.07, 6.45) is 3.73. The van der Waals surface area contributed by atoms with Crippen molar-refractivity contribution in [3.8, 4) is 0 Å². The average molecular weight is 415 g/mol. The molecular weight excluding hydrogens is 400 g/mol. The van der Waals surface area contributed by atoms with E-state index in [4.69, 9.17) is 23.8 Å². The fourth-order valence-corrected chi connectivity index (χ4v) is 3.84. The summed E-state index contributed by atoms with van der Waals surface area (Å²) in [7, 11) is 0. The zero-order valence-corrected chi connectivity index (χ0v) is 16.7. The summed E-state index contributed by atoms with van der Waals surface area (Å²) in [5.41, 5.74) is 4.83. The zero-order chi connectivity index (χ0) is 19.4. The molecule has 4 nitrogen and oxygen atoms in total. The Morgan fingerprint density at radius 1 is 1.19 bits per heavy atom. The Morgan fingerprint density at radius 3 is 2.63 bits per heavy atom. The average Bonchev–Trinajstić information content (AvgIpc) is 2.89. The number of nitrogens with zero attached hydrogens (tertiary/aromatic N) is 1. The number of hydrogen-bond donors (Lipinski definition) is 1. The first-order chi connectivity index (χ1) is 12.9. The minimum absolute atomic E-state index is 0.272. The molecule has 2 amide bonds. The van der Waals surface area contributed by atoms with E-state index < -0.39 is 5.91 Å². The molecular formula is C20H15ClN2O2S2. The van der Waals surface area contributed by atoms with Crippen molar-refractivity contribution in [2.75, 3.05) is 0 Å². The topological polar surface area (TPSA) is 49.4 Å². The lowest BCUT2D eigenvalue weighted by molar-refractivity contribution is -0.123. The fourth-order valence-electron chi connectivity index (χ4n) is 2.42. The van der Waals surface area contributed by atoms with Crippen molar-refractivity contribution in [1.29, 1.82) is 0 Å². The molecule has 1 fully saturated rings. The summed E-state index contributed by atoms with van der Waals surface area (Å²) in [4.78, 5) is 25.4. The lowest BCUT2D eigenvalue weighted by Gasteiger charge is -2.15. The molecule has 2 aromatic carbocycles. The summed E-state index contributed by atoms with van der Waals surface area (Å²) < 4.78 is 0.272. The molecule has 1 N–H and O–H groups in total. The maximum atomic E-state index is 12.6. The minimum Gasteiger partial charge on any atom is -0.267 e. The van der Waals surface area contributed by atoms with Gasteiger partial charge < -0.3 is 0 Å². The number of thioether (sulfide) groups is 1. The summed E-state index contributed by atoms with van der Waals surface area (Å²) in [5.74, 6) is -0.812. The van der Waals surface area contributed by atoms with Crippen LogP contribution in [0.5, 0.6) is 0 Å². The number of amides is 2. The minimum atomic E-state index is -0.452. The SMILES string of the molecule is CC(/C=C1\SC(=S)N(NC(=O)c2cccc(Cl)c2)C1=O)=C\c1ccccc1. The summed E-state index contributed by atoms with van der Waals surface area (Å²) >= 11 is 12.3. The van der Waals surface area contributed by atoms with E-state index in [0.29, 0.717) is 15.5 Å². The Balaban J connectivity index is 1.75. The van der Waals surface area contributed by atoms with Crippen molar-refractivity contribution in [2.45, 2.75) is 6.92 Å². The summed E-state index contributed by atoms with van der Waals surface area (Å²) in [6, 6.07) is 16.3. The molecule has 0 aliphatic carbocycles. The third kappa shape index (κ3) is 4.86. The first-order valence-electron chi connectivity index (χ1n) is 8.02. The lowest BCUT2D eigenvalue weighted by Crippen LogP contribution is -2.44. The van der Waals surface area contributed by atoms with Crippen LogP contribution in [0.1, 0.15) is 22.8 Å². The molecule has 0 radical (unpaired) electrons. The molecule has 27 heavy (non-hydrogen) atoms. The van der Waals surface area contributed by atoms with Gasteiger partial charge in [0, 0.05) is 10.6 Å². The number of carbonyl (C=O) groups excluding carboxylic acids is 2. The number of thiocarbonyl (C=S) groups is 1. The monoisotopic (exact) mass is 414 g/mol. The van der Waals surface area contributed by atoms with Gasteiger partial charge in [0.25, 0.3) is 11.8 Å². The van der Waals surface area contributed by atoms with Crippen LogP contribution in [0, 0.1) is 0 Å². The molecule has 1 aliphatic heterocycles. The molecule has 2 aromatic rings. The number of hydrogen-bond acceptors (Lipinski definition) is 4. The lowest BCUT2D eigenvalue weighted by atomic mass is 10.1. The van der Waals surface area contributed by atoms with Gasteiger partial charge in [-0.3, -0.25) is 15.0 Å². The van der Waals surface area contributed by atoms with Gasteiger partial charge in [-0.25, -0.2) is 0 Å². The van der Waals surface area contributed by atoms with Crippen LogP contribution in [-0.2, 0) is 4.79 Å². The van der Waals surface area contributed by atoms with E-state index in [2.05, 4.69) is 5.43 Å². The number of carbonyl (C=O) groups is 2. The highest BCUT2D eigenvalue weighted by Gasteiger charge is 2.33.